The van der Waals surface area contributed by atoms with Gasteiger partial charge in [0.05, 0.1) is 5.56 Å². The molecular formula is C17H20ClN3O2. The van der Waals surface area contributed by atoms with Crippen LogP contribution >= 0.6 is 12.4 Å². The lowest BCUT2D eigenvalue weighted by atomic mass is 9.89. The number of aromatic nitrogens is 1. The van der Waals surface area contributed by atoms with E-state index in [1.165, 1.54) is 17.8 Å². The van der Waals surface area contributed by atoms with Crippen molar-refractivity contribution in [3.8, 4) is 0 Å². The smallest absolute Gasteiger partial charge is 0.255 e. The molecule has 0 spiro atoms. The van der Waals surface area contributed by atoms with Gasteiger partial charge in [-0.3, -0.25) is 9.59 Å². The predicted octanol–water partition coefficient (Wildman–Crippen LogP) is 1.61. The Bertz CT molecular complexity index is 697. The Labute approximate surface area is 140 Å². The molecule has 0 saturated carbocycles. The quantitative estimate of drug-likeness (QED) is 0.895. The Balaban J connectivity index is 0.00000192. The maximum absolute atomic E-state index is 12.6. The molecule has 0 aliphatic carbocycles. The number of nitrogens with zero attached hydrogens (tertiary/aromatic N) is 1. The molecule has 2 aromatic rings. The van der Waals surface area contributed by atoms with Crippen LogP contribution in [-0.4, -0.2) is 35.4 Å². The summed E-state index contributed by atoms with van der Waals surface area (Å²) in [5, 5.41) is 0. The summed E-state index contributed by atoms with van der Waals surface area (Å²) in [4.78, 5) is 28.0. The van der Waals surface area contributed by atoms with E-state index in [1.54, 1.807) is 6.07 Å². The third kappa shape index (κ3) is 3.63. The van der Waals surface area contributed by atoms with E-state index in [9.17, 15) is 9.59 Å². The number of benzene rings is 1. The van der Waals surface area contributed by atoms with Crippen molar-refractivity contribution in [3.63, 3.8) is 0 Å². The van der Waals surface area contributed by atoms with Crippen molar-refractivity contribution in [2.24, 2.45) is 11.7 Å². The number of likely N-dealkylation sites (tertiary alicyclic amines) is 1. The molecule has 0 unspecified atom stereocenters. The molecule has 1 saturated heterocycles. The molecule has 6 heteroatoms. The van der Waals surface area contributed by atoms with E-state index in [0.29, 0.717) is 25.2 Å². The summed E-state index contributed by atoms with van der Waals surface area (Å²) in [6, 6.07) is 13.1. The fourth-order valence-corrected chi connectivity index (χ4v) is 3.08. The lowest BCUT2D eigenvalue weighted by Crippen LogP contribution is -2.30. The third-order valence-corrected chi connectivity index (χ3v) is 4.29. The number of H-pyrrole nitrogens is 1. The number of nitrogens with two attached hydrogens (primary N) is 1. The Kier molecular flexibility index (Phi) is 5.58. The second kappa shape index (κ2) is 7.44. The molecular weight excluding hydrogens is 314 g/mol. The number of pyridine rings is 1. The van der Waals surface area contributed by atoms with E-state index in [1.807, 2.05) is 23.1 Å². The predicted molar refractivity (Wildman–Crippen MR) is 91.9 cm³/mol. The second-order valence-electron chi connectivity index (χ2n) is 5.66. The van der Waals surface area contributed by atoms with Crippen LogP contribution in [0.3, 0.4) is 0 Å². The molecule has 3 rings (SSSR count). The normalized spacial score (nSPS) is 20.1. The van der Waals surface area contributed by atoms with E-state index in [-0.39, 0.29) is 35.7 Å². The minimum absolute atomic E-state index is 0. The van der Waals surface area contributed by atoms with Gasteiger partial charge in [0.25, 0.3) is 5.91 Å². The second-order valence-corrected chi connectivity index (χ2v) is 5.66. The summed E-state index contributed by atoms with van der Waals surface area (Å²) in [5.74, 6) is 0.458. The van der Waals surface area contributed by atoms with Crippen molar-refractivity contribution < 1.29 is 4.79 Å². The Hall–Kier alpha value is -2.11. The number of nitrogens with one attached hydrogen (secondary N) is 1. The first-order valence-corrected chi connectivity index (χ1v) is 7.42. The number of hydrogen-bond acceptors (Lipinski definition) is 3. The summed E-state index contributed by atoms with van der Waals surface area (Å²) in [6.45, 7) is 1.85. The van der Waals surface area contributed by atoms with Gasteiger partial charge in [-0.05, 0) is 24.1 Å². The van der Waals surface area contributed by atoms with Gasteiger partial charge < -0.3 is 15.6 Å². The number of carbonyl (C=O) groups is 1. The van der Waals surface area contributed by atoms with Gasteiger partial charge in [-0.1, -0.05) is 30.3 Å². The number of rotatable bonds is 3. The molecule has 1 amide bonds. The molecule has 1 aliphatic heterocycles. The molecule has 0 bridgehead atoms. The van der Waals surface area contributed by atoms with Crippen molar-refractivity contribution >= 4 is 18.3 Å². The van der Waals surface area contributed by atoms with Gasteiger partial charge in [0.2, 0.25) is 5.56 Å². The number of halogens is 1. The molecule has 122 valence electrons. The van der Waals surface area contributed by atoms with Crippen LogP contribution in [0.15, 0.2) is 53.5 Å². The van der Waals surface area contributed by atoms with Crippen molar-refractivity contribution in [2.45, 2.75) is 5.92 Å². The third-order valence-electron chi connectivity index (χ3n) is 4.29. The van der Waals surface area contributed by atoms with Gasteiger partial charge in [-0.2, -0.15) is 0 Å². The van der Waals surface area contributed by atoms with Crippen molar-refractivity contribution in [1.29, 1.82) is 0 Å². The Morgan fingerprint density at radius 2 is 1.91 bits per heavy atom. The highest BCUT2D eigenvalue weighted by atomic mass is 35.5. The highest BCUT2D eigenvalue weighted by Gasteiger charge is 2.35. The van der Waals surface area contributed by atoms with Crippen LogP contribution in [0.1, 0.15) is 21.8 Å². The van der Waals surface area contributed by atoms with Crippen LogP contribution in [0.25, 0.3) is 0 Å². The first kappa shape index (κ1) is 17.2. The summed E-state index contributed by atoms with van der Waals surface area (Å²) in [6.07, 6.45) is 1.47. The highest BCUT2D eigenvalue weighted by molar-refractivity contribution is 5.94. The summed E-state index contributed by atoms with van der Waals surface area (Å²) in [5.41, 5.74) is 7.41. The Morgan fingerprint density at radius 3 is 2.52 bits per heavy atom. The molecule has 2 heterocycles. The van der Waals surface area contributed by atoms with Crippen LogP contribution in [0.4, 0.5) is 0 Å². The largest absolute Gasteiger partial charge is 0.338 e. The highest BCUT2D eigenvalue weighted by Crippen LogP contribution is 2.32. The minimum Gasteiger partial charge on any atom is -0.338 e. The van der Waals surface area contributed by atoms with E-state index >= 15 is 0 Å². The van der Waals surface area contributed by atoms with Crippen LogP contribution in [-0.2, 0) is 0 Å². The zero-order valence-electron chi connectivity index (χ0n) is 12.6. The molecule has 3 N–H and O–H groups in total. The molecule has 0 radical (unpaired) electrons. The summed E-state index contributed by atoms with van der Waals surface area (Å²) < 4.78 is 0. The molecule has 5 nitrogen and oxygen atoms in total. The zero-order valence-corrected chi connectivity index (χ0v) is 13.5. The fourth-order valence-electron chi connectivity index (χ4n) is 3.08. The van der Waals surface area contributed by atoms with Crippen LogP contribution in [0.2, 0.25) is 0 Å². The maximum atomic E-state index is 12.6. The van der Waals surface area contributed by atoms with Crippen LogP contribution in [0.5, 0.6) is 0 Å². The van der Waals surface area contributed by atoms with Crippen molar-refractivity contribution in [1.82, 2.24) is 9.88 Å². The number of hydrogen-bond donors (Lipinski definition) is 2. The van der Waals surface area contributed by atoms with E-state index < -0.39 is 0 Å². The lowest BCUT2D eigenvalue weighted by molar-refractivity contribution is 0.0786. The first-order chi connectivity index (χ1) is 10.7. The zero-order chi connectivity index (χ0) is 15.5. The van der Waals surface area contributed by atoms with Gasteiger partial charge in [-0.25, -0.2) is 0 Å². The van der Waals surface area contributed by atoms with Gasteiger partial charge in [-0.15, -0.1) is 12.4 Å². The molecule has 1 fully saturated rings. The molecule has 1 aromatic carbocycles. The van der Waals surface area contributed by atoms with E-state index in [0.717, 1.165) is 0 Å². The molecule has 1 aromatic heterocycles. The average Bonchev–Trinajstić information content (AvgIpc) is 3.00. The monoisotopic (exact) mass is 333 g/mol. The number of amides is 1. The fraction of sp³-hybridized carbons (Fsp3) is 0.294. The van der Waals surface area contributed by atoms with Crippen molar-refractivity contribution in [2.75, 3.05) is 19.6 Å². The van der Waals surface area contributed by atoms with E-state index in [2.05, 4.69) is 17.1 Å². The topological polar surface area (TPSA) is 79.2 Å². The SMILES string of the molecule is Cl.NC[C@@H]1CN(C(=O)c2ccc(=O)[nH]c2)C[C@H]1c1ccccc1. The molecule has 1 aliphatic rings. The summed E-state index contributed by atoms with van der Waals surface area (Å²) >= 11 is 0. The van der Waals surface area contributed by atoms with Gasteiger partial charge in [0, 0.05) is 31.3 Å². The minimum atomic E-state index is -0.208. The maximum Gasteiger partial charge on any atom is 0.255 e. The average molecular weight is 334 g/mol. The van der Waals surface area contributed by atoms with Gasteiger partial charge in [0.15, 0.2) is 0 Å². The van der Waals surface area contributed by atoms with Gasteiger partial charge >= 0.3 is 0 Å². The lowest BCUT2D eigenvalue weighted by Gasteiger charge is -2.16. The first-order valence-electron chi connectivity index (χ1n) is 7.42. The standard InChI is InChI=1S/C17H19N3O2.ClH/c18-8-14-10-20(11-15(14)12-4-2-1-3-5-12)17(22)13-6-7-16(21)19-9-13;/h1-7,9,14-15H,8,10-11,18H2,(H,19,21);1H/t14-,15+;/m1./s1. The van der Waals surface area contributed by atoms with Crippen LogP contribution in [0, 0.1) is 5.92 Å². The summed E-state index contributed by atoms with van der Waals surface area (Å²) in [7, 11) is 0. The molecule has 2 atom stereocenters. The number of aromatic amines is 1. The number of carbonyl (C=O) groups excluding carboxylic acids is 1. The van der Waals surface area contributed by atoms with Crippen molar-refractivity contribution in [3.05, 3.63) is 70.1 Å². The molecule has 23 heavy (non-hydrogen) atoms. The van der Waals surface area contributed by atoms with Gasteiger partial charge in [0.1, 0.15) is 0 Å². The van der Waals surface area contributed by atoms with E-state index in [4.69, 9.17) is 5.73 Å². The van der Waals surface area contributed by atoms with Crippen LogP contribution < -0.4 is 11.3 Å². The Morgan fingerprint density at radius 1 is 1.17 bits per heavy atom.